The molecule has 0 bridgehead atoms. The van der Waals surface area contributed by atoms with Crippen molar-refractivity contribution in [3.8, 4) is 0 Å². The zero-order valence-corrected chi connectivity index (χ0v) is 6.63. The van der Waals surface area contributed by atoms with Gasteiger partial charge >= 0.3 is 0 Å². The van der Waals surface area contributed by atoms with E-state index in [1.807, 2.05) is 19.1 Å². The van der Waals surface area contributed by atoms with Gasteiger partial charge < -0.3 is 4.74 Å². The smallest absolute Gasteiger partial charge is 0.275 e. The number of aromatic nitrogens is 1. The maximum absolute atomic E-state index is 5.63. The summed E-state index contributed by atoms with van der Waals surface area (Å²) in [5, 5.41) is 0. The zero-order chi connectivity index (χ0) is 8.10. The Morgan fingerprint density at radius 1 is 1.64 bits per heavy atom. The van der Waals surface area contributed by atoms with Gasteiger partial charge in [-0.3, -0.25) is 5.73 Å². The molecule has 0 aliphatic rings. The van der Waals surface area contributed by atoms with Gasteiger partial charge in [0.05, 0.1) is 18.4 Å². The Kier molecular flexibility index (Phi) is 2.86. The van der Waals surface area contributed by atoms with Crippen molar-refractivity contribution in [1.29, 1.82) is 0 Å². The molecule has 0 amide bonds. The van der Waals surface area contributed by atoms with E-state index < -0.39 is 0 Å². The topological polar surface area (TPSA) is 49.4 Å². The van der Waals surface area contributed by atoms with Crippen LogP contribution in [0.2, 0.25) is 0 Å². The molecular weight excluding hydrogens is 140 g/mol. The maximum atomic E-state index is 5.63. The highest BCUT2D eigenvalue weighted by atomic mass is 16.5. The van der Waals surface area contributed by atoms with Gasteiger partial charge in [-0.05, 0) is 19.1 Å². The quantitative estimate of drug-likeness (QED) is 0.692. The molecule has 1 heterocycles. The minimum absolute atomic E-state index is 0.583. The van der Waals surface area contributed by atoms with E-state index in [0.717, 1.165) is 5.56 Å². The van der Waals surface area contributed by atoms with Crippen molar-refractivity contribution in [3.63, 3.8) is 0 Å². The molecule has 0 unspecified atom stereocenters. The predicted molar refractivity (Wildman–Crippen MR) is 42.7 cm³/mol. The van der Waals surface area contributed by atoms with Crippen molar-refractivity contribution < 1.29 is 9.72 Å². The van der Waals surface area contributed by atoms with E-state index in [9.17, 15) is 0 Å². The number of aromatic amines is 1. The molecule has 1 aromatic rings. The Morgan fingerprint density at radius 2 is 2.45 bits per heavy atom. The van der Waals surface area contributed by atoms with E-state index in [1.54, 1.807) is 6.20 Å². The number of nitrogens with one attached hydrogen (secondary N) is 1. The highest BCUT2D eigenvalue weighted by Gasteiger charge is 2.01. The first-order chi connectivity index (χ1) is 5.34. The summed E-state index contributed by atoms with van der Waals surface area (Å²) >= 11 is 0. The van der Waals surface area contributed by atoms with Crippen molar-refractivity contribution in [2.45, 2.75) is 13.5 Å². The number of nitrogens with two attached hydrogens (primary N) is 1. The number of hydrogen-bond acceptors (Lipinski definition) is 2. The van der Waals surface area contributed by atoms with E-state index in [1.165, 1.54) is 0 Å². The summed E-state index contributed by atoms with van der Waals surface area (Å²) in [6, 6.07) is 3.85. The molecule has 0 saturated carbocycles. The SMILES string of the molecule is CCOCc1ccc[nH+]c1N. The van der Waals surface area contributed by atoms with Gasteiger partial charge in [-0.25, -0.2) is 4.98 Å². The highest BCUT2D eigenvalue weighted by molar-refractivity contribution is 5.31. The Bertz CT molecular complexity index is 225. The van der Waals surface area contributed by atoms with Gasteiger partial charge in [0.25, 0.3) is 5.82 Å². The van der Waals surface area contributed by atoms with E-state index in [4.69, 9.17) is 10.5 Å². The zero-order valence-electron chi connectivity index (χ0n) is 6.63. The first-order valence-corrected chi connectivity index (χ1v) is 3.67. The highest BCUT2D eigenvalue weighted by Crippen LogP contribution is 2.04. The van der Waals surface area contributed by atoms with E-state index in [0.29, 0.717) is 19.0 Å². The maximum Gasteiger partial charge on any atom is 0.275 e. The summed E-state index contributed by atoms with van der Waals surface area (Å²) in [5.41, 5.74) is 6.63. The summed E-state index contributed by atoms with van der Waals surface area (Å²) in [6.07, 6.45) is 1.80. The number of rotatable bonds is 3. The normalized spacial score (nSPS) is 9.91. The molecular formula is C8H13N2O+. The summed E-state index contributed by atoms with van der Waals surface area (Å²) in [6.45, 7) is 3.26. The number of pyridine rings is 1. The Hall–Kier alpha value is -1.09. The minimum atomic E-state index is 0.583. The third kappa shape index (κ3) is 2.20. The van der Waals surface area contributed by atoms with E-state index >= 15 is 0 Å². The number of H-pyrrole nitrogens is 1. The van der Waals surface area contributed by atoms with Gasteiger partial charge in [0.2, 0.25) is 0 Å². The second-order valence-electron chi connectivity index (χ2n) is 2.25. The van der Waals surface area contributed by atoms with Crippen LogP contribution in [0.5, 0.6) is 0 Å². The van der Waals surface area contributed by atoms with Gasteiger partial charge in [0.15, 0.2) is 0 Å². The van der Waals surface area contributed by atoms with Crippen LogP contribution in [0.3, 0.4) is 0 Å². The Labute approximate surface area is 66.2 Å². The van der Waals surface area contributed by atoms with Crippen LogP contribution in [-0.4, -0.2) is 6.61 Å². The van der Waals surface area contributed by atoms with E-state index in [-0.39, 0.29) is 0 Å². The summed E-state index contributed by atoms with van der Waals surface area (Å²) in [7, 11) is 0. The molecule has 1 rings (SSSR count). The van der Waals surface area contributed by atoms with Crippen molar-refractivity contribution in [3.05, 3.63) is 23.9 Å². The lowest BCUT2D eigenvalue weighted by atomic mass is 10.3. The Morgan fingerprint density at radius 3 is 3.09 bits per heavy atom. The summed E-state index contributed by atoms with van der Waals surface area (Å²) < 4.78 is 5.20. The summed E-state index contributed by atoms with van der Waals surface area (Å²) in [5.74, 6) is 0.681. The fourth-order valence-corrected chi connectivity index (χ4v) is 0.823. The minimum Gasteiger partial charge on any atom is -0.377 e. The monoisotopic (exact) mass is 153 g/mol. The standard InChI is InChI=1S/C8H12N2O/c1-2-11-6-7-4-3-5-10-8(7)9/h3-5H,2,6H2,1H3,(H2,9,10)/p+1. The van der Waals surface area contributed by atoms with Crippen LogP contribution in [0.15, 0.2) is 18.3 Å². The van der Waals surface area contributed by atoms with Crippen molar-refractivity contribution in [2.75, 3.05) is 12.3 Å². The van der Waals surface area contributed by atoms with Crippen molar-refractivity contribution >= 4 is 5.82 Å². The average molecular weight is 153 g/mol. The van der Waals surface area contributed by atoms with Crippen LogP contribution >= 0.6 is 0 Å². The number of ether oxygens (including phenoxy) is 1. The fraction of sp³-hybridized carbons (Fsp3) is 0.375. The molecule has 0 saturated heterocycles. The number of anilines is 1. The lowest BCUT2D eigenvalue weighted by molar-refractivity contribution is -0.361. The van der Waals surface area contributed by atoms with Crippen LogP contribution in [0.4, 0.5) is 5.82 Å². The molecule has 0 aliphatic heterocycles. The second-order valence-corrected chi connectivity index (χ2v) is 2.25. The molecule has 3 heteroatoms. The van der Waals surface area contributed by atoms with Crippen LogP contribution in [-0.2, 0) is 11.3 Å². The van der Waals surface area contributed by atoms with Crippen LogP contribution < -0.4 is 10.7 Å². The second kappa shape index (κ2) is 3.93. The number of hydrogen-bond donors (Lipinski definition) is 1. The lowest BCUT2D eigenvalue weighted by Gasteiger charge is -1.99. The molecule has 0 atom stereocenters. The predicted octanol–water partition coefficient (Wildman–Crippen LogP) is 0.619. The average Bonchev–Trinajstić information content (AvgIpc) is 2.03. The first kappa shape index (κ1) is 8.01. The fourth-order valence-electron chi connectivity index (χ4n) is 0.823. The molecule has 11 heavy (non-hydrogen) atoms. The van der Waals surface area contributed by atoms with Crippen molar-refractivity contribution in [1.82, 2.24) is 0 Å². The molecule has 0 fully saturated rings. The van der Waals surface area contributed by atoms with Gasteiger partial charge in [-0.15, -0.1) is 0 Å². The molecule has 0 radical (unpaired) electrons. The van der Waals surface area contributed by atoms with Gasteiger partial charge in [0.1, 0.15) is 0 Å². The van der Waals surface area contributed by atoms with Gasteiger partial charge in [-0.1, -0.05) is 0 Å². The van der Waals surface area contributed by atoms with Crippen LogP contribution in [0.25, 0.3) is 0 Å². The Balaban J connectivity index is 2.62. The number of nitrogen functional groups attached to an aromatic ring is 1. The summed E-state index contributed by atoms with van der Waals surface area (Å²) in [4.78, 5) is 2.91. The first-order valence-electron chi connectivity index (χ1n) is 3.67. The molecule has 60 valence electrons. The van der Waals surface area contributed by atoms with Crippen LogP contribution in [0.1, 0.15) is 12.5 Å². The molecule has 0 spiro atoms. The largest absolute Gasteiger partial charge is 0.377 e. The molecule has 0 aliphatic carbocycles. The molecule has 3 nitrogen and oxygen atoms in total. The lowest BCUT2D eigenvalue weighted by Crippen LogP contribution is -2.12. The molecule has 0 aromatic carbocycles. The van der Waals surface area contributed by atoms with Crippen LogP contribution in [0, 0.1) is 0 Å². The molecule has 3 N–H and O–H groups in total. The van der Waals surface area contributed by atoms with E-state index in [2.05, 4.69) is 4.98 Å². The third-order valence-corrected chi connectivity index (χ3v) is 1.44. The third-order valence-electron chi connectivity index (χ3n) is 1.44. The van der Waals surface area contributed by atoms with Gasteiger partial charge in [0, 0.05) is 6.61 Å². The van der Waals surface area contributed by atoms with Gasteiger partial charge in [-0.2, -0.15) is 0 Å². The molecule has 1 aromatic heterocycles. The van der Waals surface area contributed by atoms with Crippen molar-refractivity contribution in [2.24, 2.45) is 0 Å².